The van der Waals surface area contributed by atoms with Crippen molar-refractivity contribution < 1.29 is 0 Å². The molecule has 0 aromatic heterocycles. The molecule has 0 nitrogen and oxygen atoms in total. The highest BCUT2D eigenvalue weighted by molar-refractivity contribution is 5.36. The molecule has 18 unspecified atom stereocenters. The minimum absolute atomic E-state index is 0.806. The molecule has 15 fully saturated rings. The first kappa shape index (κ1) is 154. The molecule has 131 heavy (non-hydrogen) atoms. The van der Waals surface area contributed by atoms with E-state index in [1.807, 2.05) is 374 Å². The zero-order valence-corrected chi connectivity index (χ0v) is 103. The Labute approximate surface area is 841 Å². The number of hydrogen-bond donors (Lipinski definition) is 0. The van der Waals surface area contributed by atoms with Crippen LogP contribution in [0.15, 0.2) is 72.8 Å². The van der Waals surface area contributed by atoms with Gasteiger partial charge in [0.25, 0.3) is 0 Å². The zero-order chi connectivity index (χ0) is 105. The fourth-order valence-corrected chi connectivity index (χ4v) is 29.2. The van der Waals surface area contributed by atoms with E-state index in [1.54, 1.807) is 187 Å². The lowest BCUT2D eigenvalue weighted by Gasteiger charge is -2.52. The van der Waals surface area contributed by atoms with E-state index >= 15 is 0 Å². The van der Waals surface area contributed by atoms with Gasteiger partial charge in [-0.05, 0) is 309 Å². The molecule has 3 spiro atoms. The van der Waals surface area contributed by atoms with E-state index in [-0.39, 0.29) is 0 Å². The second kappa shape index (κ2) is 104. The predicted molar refractivity (Wildman–Crippen MR) is 626 cm³/mol. The third kappa shape index (κ3) is 39.2. The van der Waals surface area contributed by atoms with Crippen LogP contribution in [0.25, 0.3) is 0 Å². The molecule has 0 heterocycles. The van der Waals surface area contributed by atoms with E-state index < -0.39 is 0 Å². The van der Waals surface area contributed by atoms with Gasteiger partial charge in [0, 0.05) is 0 Å². The first-order valence-electron chi connectivity index (χ1n) is 62.1. The smallest absolute Gasteiger partial charge is 0.0154 e. The van der Waals surface area contributed by atoms with Gasteiger partial charge in [-0.2, -0.15) is 0 Å². The predicted octanol–water partition coefficient (Wildman–Crippen LogP) is 48.4. The van der Waals surface area contributed by atoms with Crippen LogP contribution in [0, 0.1) is 130 Å². The number of hydrogen-bond acceptors (Lipinski definition) is 0. The van der Waals surface area contributed by atoms with Gasteiger partial charge >= 0.3 is 0 Å². The van der Waals surface area contributed by atoms with E-state index in [9.17, 15) is 0 Å². The maximum Gasteiger partial charge on any atom is -0.0154 e. The number of aryl methyl sites for hydroxylation is 3. The standard InChI is InChI=1S/2C26H36.C25H34.27C2H6/c2*1-2-17-7-3-4-10-23(17)20-15-21-13-18-8-5-11-24(18)26(21)22(16-20)14-19-9-6-12-25(19)26;1-16-6-2-3-9-22(16)19-14-20-12-17-7-4-10-23(17)25(20)21(15-19)13-18-8-5-11-24(18)25;27*1-2/h2*3-4,7,10,18-22,24-25H,2,5-6,8-9,11-16H2,1H3;2-3,6,9,17-21,23-24H,4-5,7-8,10-15H2,1H3;27*1-2H3/t2*18?,19?,20?,21-,22+,24?,25?,26?;17?,18?,19?,20-,21+,23?,24?,25?;;;;;;;;;;;;;;;;;;;;;;;;;;;. The van der Waals surface area contributed by atoms with E-state index in [4.69, 9.17) is 0 Å². The summed E-state index contributed by atoms with van der Waals surface area (Å²) in [5, 5.41) is 0. The fraction of sp³-hybridized carbons (Fsp3) is 0.863. The maximum absolute atomic E-state index is 2.49. The highest BCUT2D eigenvalue weighted by Gasteiger charge is 2.72. The van der Waals surface area contributed by atoms with Crippen molar-refractivity contribution in [3.63, 3.8) is 0 Å². The molecule has 3 aromatic rings. The Morgan fingerprint density at radius 1 is 0.183 bits per heavy atom. The Morgan fingerprint density at radius 3 is 0.489 bits per heavy atom. The molecule has 24 atom stereocenters. The van der Waals surface area contributed by atoms with E-state index in [1.165, 1.54) is 51.4 Å². The zero-order valence-electron chi connectivity index (χ0n) is 103. The van der Waals surface area contributed by atoms with Crippen molar-refractivity contribution in [2.75, 3.05) is 0 Å². The van der Waals surface area contributed by atoms with Crippen LogP contribution in [0.1, 0.15) is 631 Å². The molecule has 0 radical (unpaired) electrons. The summed E-state index contributed by atoms with van der Waals surface area (Å²) in [6.07, 6.45) is 49.5. The number of rotatable bonds is 5. The highest BCUT2D eigenvalue weighted by atomic mass is 14.8. The van der Waals surface area contributed by atoms with E-state index in [2.05, 4.69) is 93.6 Å². The summed E-state index contributed by atoms with van der Waals surface area (Å²) in [5.41, 5.74) is 12.4. The Balaban J connectivity index is -0.000000129. The monoisotopic (exact) mass is 1840 g/mol. The van der Waals surface area contributed by atoms with Gasteiger partial charge in [-0.25, -0.2) is 0 Å². The summed E-state index contributed by atoms with van der Waals surface area (Å²) in [5.74, 6) is 22.5. The summed E-state index contributed by atoms with van der Waals surface area (Å²) in [4.78, 5) is 0. The van der Waals surface area contributed by atoms with E-state index in [0.29, 0.717) is 0 Å². The summed E-state index contributed by atoms with van der Waals surface area (Å²) in [6, 6.07) is 28.3. The lowest BCUT2D eigenvalue weighted by atomic mass is 9.52. The van der Waals surface area contributed by atoms with Crippen molar-refractivity contribution in [3.05, 3.63) is 106 Å². The molecule has 0 amide bonds. The summed E-state index contributed by atoms with van der Waals surface area (Å²) >= 11 is 0. The first-order chi connectivity index (χ1) is 64.9. The van der Waals surface area contributed by atoms with Crippen LogP contribution >= 0.6 is 0 Å². The molecular weight excluding hydrogens is 1570 g/mol. The molecule has 0 N–H and O–H groups in total. The molecule has 0 aliphatic heterocycles. The quantitative estimate of drug-likeness (QED) is 0.239. The van der Waals surface area contributed by atoms with Crippen LogP contribution in [-0.2, 0) is 12.8 Å². The average Bonchev–Trinajstić information content (AvgIpc) is 1.54. The SMILES string of the molecule is CC.CC.CC.CC.CC.CC.CC.CC.CC.CC.CC.CC.CC.CC.CC.CC.CC.CC.CC.CC.CC.CC.CC.CC.CC.CC.CC.CCc1ccccc1C1C[C@@H]2CC3CCCC3C23C2CCCC2C[C@@H]3C1.CCc1ccccc1C1C[C@@H]2CC3CCCC3C23C2CCCC2C[C@@H]3C1.Cc1ccccc1C1C[C@@H]2CC3CCCC3C23C2CCCC2C[C@@H]3C1. The maximum atomic E-state index is 2.49. The molecule has 15 aliphatic carbocycles. The summed E-state index contributed by atoms with van der Waals surface area (Å²) in [6.45, 7) is 115. The molecule has 0 saturated heterocycles. The van der Waals surface area contributed by atoms with Gasteiger partial charge in [-0.1, -0.05) is 538 Å². The molecule has 15 saturated carbocycles. The minimum atomic E-state index is 0.806. The van der Waals surface area contributed by atoms with E-state index in [0.717, 1.165) is 141 Å². The summed E-state index contributed by atoms with van der Waals surface area (Å²) in [7, 11) is 0. The number of fused-ring (bicyclic) bond motifs is 6. The average molecular weight is 1840 g/mol. The molecule has 18 rings (SSSR count). The van der Waals surface area contributed by atoms with Gasteiger partial charge in [0.1, 0.15) is 0 Å². The summed E-state index contributed by atoms with van der Waals surface area (Å²) < 4.78 is 0. The van der Waals surface area contributed by atoms with Crippen molar-refractivity contribution in [1.82, 2.24) is 0 Å². The second-order valence-electron chi connectivity index (χ2n) is 31.8. The van der Waals surface area contributed by atoms with Gasteiger partial charge in [-0.15, -0.1) is 0 Å². The normalized spacial score (nSPS) is 30.3. The van der Waals surface area contributed by atoms with Crippen LogP contribution in [0.4, 0.5) is 0 Å². The number of benzene rings is 3. The fourth-order valence-electron chi connectivity index (χ4n) is 29.2. The molecular formula is C131H268. The van der Waals surface area contributed by atoms with Crippen molar-refractivity contribution in [2.45, 2.75) is 618 Å². The van der Waals surface area contributed by atoms with Crippen LogP contribution in [0.5, 0.6) is 0 Å². The molecule has 0 heteroatoms. The second-order valence-corrected chi connectivity index (χ2v) is 31.8. The Kier molecular flexibility index (Phi) is 122. The van der Waals surface area contributed by atoms with Crippen molar-refractivity contribution in [1.29, 1.82) is 0 Å². The lowest BCUT2D eigenvalue weighted by Crippen LogP contribution is -2.45. The molecule has 15 aliphatic rings. The van der Waals surface area contributed by atoms with Crippen LogP contribution in [0.3, 0.4) is 0 Å². The lowest BCUT2D eigenvalue weighted by molar-refractivity contribution is -0.0227. The Hall–Kier alpha value is -2.34. The highest BCUT2D eigenvalue weighted by Crippen LogP contribution is 2.80. The van der Waals surface area contributed by atoms with Gasteiger partial charge < -0.3 is 0 Å². The third-order valence-electron chi connectivity index (χ3n) is 30.4. The van der Waals surface area contributed by atoms with Gasteiger partial charge in [0.2, 0.25) is 0 Å². The minimum Gasteiger partial charge on any atom is -0.0683 e. The molecule has 3 aromatic carbocycles. The van der Waals surface area contributed by atoms with Crippen molar-refractivity contribution in [2.24, 2.45) is 123 Å². The Bertz CT molecular complexity index is 2380. The topological polar surface area (TPSA) is 0 Å². The first-order valence-corrected chi connectivity index (χ1v) is 62.1. The molecule has 792 valence electrons. The Morgan fingerprint density at radius 2 is 0.328 bits per heavy atom. The van der Waals surface area contributed by atoms with Gasteiger partial charge in [0.15, 0.2) is 0 Å². The van der Waals surface area contributed by atoms with Crippen LogP contribution in [0.2, 0.25) is 0 Å². The van der Waals surface area contributed by atoms with Gasteiger partial charge in [-0.3, -0.25) is 0 Å². The largest absolute Gasteiger partial charge is 0.0683 e. The van der Waals surface area contributed by atoms with Crippen molar-refractivity contribution in [3.8, 4) is 0 Å². The third-order valence-corrected chi connectivity index (χ3v) is 30.4. The molecule has 0 bridgehead atoms. The van der Waals surface area contributed by atoms with Crippen LogP contribution in [-0.4, -0.2) is 0 Å². The van der Waals surface area contributed by atoms with Crippen LogP contribution < -0.4 is 0 Å². The van der Waals surface area contributed by atoms with Gasteiger partial charge in [0.05, 0.1) is 0 Å². The van der Waals surface area contributed by atoms with Crippen molar-refractivity contribution >= 4 is 0 Å².